The summed E-state index contributed by atoms with van der Waals surface area (Å²) in [5.74, 6) is -0.576. The van der Waals surface area contributed by atoms with Crippen LogP contribution in [0, 0.1) is 17.0 Å². The number of aromatic hydroxyl groups is 1. The van der Waals surface area contributed by atoms with Gasteiger partial charge in [-0.2, -0.15) is 0 Å². The van der Waals surface area contributed by atoms with Crippen LogP contribution in [-0.2, 0) is 0 Å². The van der Waals surface area contributed by atoms with E-state index in [9.17, 15) is 20.0 Å². The average Bonchev–Trinajstić information content (AvgIpc) is 2.92. The molecule has 28 heavy (non-hydrogen) atoms. The van der Waals surface area contributed by atoms with E-state index in [-0.39, 0.29) is 28.9 Å². The minimum absolute atomic E-state index is 0.128. The third-order valence-corrected chi connectivity index (χ3v) is 4.18. The maximum absolute atomic E-state index is 12.9. The Morgan fingerprint density at radius 3 is 2.75 bits per heavy atom. The molecule has 0 bridgehead atoms. The Labute approximate surface area is 159 Å². The molecule has 0 saturated carbocycles. The number of phenols is 1. The highest BCUT2D eigenvalue weighted by Crippen LogP contribution is 2.39. The minimum Gasteiger partial charge on any atom is -0.504 e. The van der Waals surface area contributed by atoms with Crippen molar-refractivity contribution in [2.24, 2.45) is 0 Å². The van der Waals surface area contributed by atoms with Crippen molar-refractivity contribution in [3.8, 4) is 17.2 Å². The van der Waals surface area contributed by atoms with E-state index in [1.165, 1.54) is 22.9 Å². The number of aromatic nitrogens is 2. The molecule has 2 aromatic carbocycles. The number of nitro benzene ring substituents is 1. The summed E-state index contributed by atoms with van der Waals surface area (Å²) in [5, 5.41) is 24.9. The quantitative estimate of drug-likeness (QED) is 0.517. The molecule has 0 aliphatic heterocycles. The molecule has 8 nitrogen and oxygen atoms in total. The lowest BCUT2D eigenvalue weighted by molar-refractivity contribution is -0.386. The maximum Gasteiger partial charge on any atom is 0.322 e. The predicted molar refractivity (Wildman–Crippen MR) is 105 cm³/mol. The van der Waals surface area contributed by atoms with Gasteiger partial charge in [-0.15, -0.1) is 0 Å². The third kappa shape index (κ3) is 3.39. The van der Waals surface area contributed by atoms with Crippen molar-refractivity contribution in [2.75, 3.05) is 6.61 Å². The smallest absolute Gasteiger partial charge is 0.322 e. The Kier molecular flexibility index (Phi) is 5.04. The summed E-state index contributed by atoms with van der Waals surface area (Å²) in [7, 11) is 0. The highest BCUT2D eigenvalue weighted by molar-refractivity contribution is 5.70. The summed E-state index contributed by atoms with van der Waals surface area (Å²) in [6, 6.07) is 9.98. The summed E-state index contributed by atoms with van der Waals surface area (Å²) in [6.07, 6.45) is 1.37. The lowest BCUT2D eigenvalue weighted by atomic mass is 10.1. The van der Waals surface area contributed by atoms with Crippen molar-refractivity contribution in [1.29, 1.82) is 0 Å². The van der Waals surface area contributed by atoms with Crippen LogP contribution in [0.1, 0.15) is 18.1 Å². The molecule has 0 atom stereocenters. The van der Waals surface area contributed by atoms with Crippen molar-refractivity contribution in [2.45, 2.75) is 13.8 Å². The standard InChI is InChI=1S/C20H19N3O5/c1-4-28-19-17(24)9-8-14(18(19)23(26)27)11-16-13(3)21-22(20(16)25)15-7-5-6-12(2)10-15/h5-11,21,24H,3-4H2,1-2H3/b16-11-. The van der Waals surface area contributed by atoms with Gasteiger partial charge in [-0.25, -0.2) is 4.68 Å². The molecule has 0 aliphatic carbocycles. The van der Waals surface area contributed by atoms with E-state index in [2.05, 4.69) is 11.7 Å². The number of phenolic OH excluding ortho intramolecular Hbond substituents is 1. The van der Waals surface area contributed by atoms with Crippen LogP contribution in [0.15, 0.2) is 41.2 Å². The van der Waals surface area contributed by atoms with Crippen LogP contribution >= 0.6 is 0 Å². The van der Waals surface area contributed by atoms with Gasteiger partial charge in [0.05, 0.1) is 33.3 Å². The van der Waals surface area contributed by atoms with Crippen molar-refractivity contribution in [3.05, 3.63) is 78.6 Å². The molecule has 0 radical (unpaired) electrons. The van der Waals surface area contributed by atoms with Gasteiger partial charge in [0.15, 0.2) is 5.75 Å². The molecule has 0 saturated heterocycles. The fourth-order valence-electron chi connectivity index (χ4n) is 2.92. The van der Waals surface area contributed by atoms with Crippen LogP contribution in [0.25, 0.3) is 18.3 Å². The summed E-state index contributed by atoms with van der Waals surface area (Å²) in [5.41, 5.74) is 0.930. The Morgan fingerprint density at radius 2 is 2.11 bits per heavy atom. The number of aromatic amines is 1. The number of nitro groups is 1. The molecule has 2 N–H and O–H groups in total. The first-order chi connectivity index (χ1) is 13.3. The van der Waals surface area contributed by atoms with Gasteiger partial charge in [-0.1, -0.05) is 18.7 Å². The van der Waals surface area contributed by atoms with E-state index in [4.69, 9.17) is 4.74 Å². The number of hydrogen-bond acceptors (Lipinski definition) is 5. The zero-order chi connectivity index (χ0) is 20.4. The average molecular weight is 381 g/mol. The predicted octanol–water partition coefficient (Wildman–Crippen LogP) is 1.73. The zero-order valence-corrected chi connectivity index (χ0v) is 15.4. The van der Waals surface area contributed by atoms with E-state index in [0.717, 1.165) is 5.56 Å². The van der Waals surface area contributed by atoms with Crippen molar-refractivity contribution in [3.63, 3.8) is 0 Å². The van der Waals surface area contributed by atoms with Crippen LogP contribution in [0.4, 0.5) is 5.69 Å². The number of nitrogens with one attached hydrogen (secondary N) is 1. The van der Waals surface area contributed by atoms with E-state index in [1.54, 1.807) is 13.0 Å². The first kappa shape index (κ1) is 19.0. The number of ether oxygens (including phenoxy) is 1. The Morgan fingerprint density at radius 1 is 1.36 bits per heavy atom. The summed E-state index contributed by atoms with van der Waals surface area (Å²) in [4.78, 5) is 23.8. The molecule has 1 aromatic heterocycles. The van der Waals surface area contributed by atoms with Crippen LogP contribution in [0.2, 0.25) is 0 Å². The van der Waals surface area contributed by atoms with E-state index in [0.29, 0.717) is 11.0 Å². The number of nitrogens with zero attached hydrogens (tertiary/aromatic N) is 2. The number of H-pyrrole nitrogens is 1. The van der Waals surface area contributed by atoms with Gasteiger partial charge in [-0.05, 0) is 49.8 Å². The van der Waals surface area contributed by atoms with Gasteiger partial charge in [-0.3, -0.25) is 20.0 Å². The molecular weight excluding hydrogens is 362 g/mol. The van der Waals surface area contributed by atoms with Crippen LogP contribution in [0.5, 0.6) is 11.5 Å². The van der Waals surface area contributed by atoms with Crippen LogP contribution in [0.3, 0.4) is 0 Å². The number of aryl methyl sites for hydroxylation is 1. The Bertz CT molecular complexity index is 1220. The fraction of sp³-hybridized carbons (Fsp3) is 0.150. The van der Waals surface area contributed by atoms with Crippen molar-refractivity contribution in [1.82, 2.24) is 9.78 Å². The van der Waals surface area contributed by atoms with Crippen LogP contribution in [-0.4, -0.2) is 26.4 Å². The minimum atomic E-state index is -0.648. The van der Waals surface area contributed by atoms with Gasteiger partial charge in [0.2, 0.25) is 5.75 Å². The molecule has 144 valence electrons. The highest BCUT2D eigenvalue weighted by Gasteiger charge is 2.24. The molecule has 0 amide bonds. The van der Waals surface area contributed by atoms with E-state index >= 15 is 0 Å². The first-order valence-electron chi connectivity index (χ1n) is 8.55. The van der Waals surface area contributed by atoms with Gasteiger partial charge in [0, 0.05) is 0 Å². The molecule has 0 unspecified atom stereocenters. The lowest BCUT2D eigenvalue weighted by Crippen LogP contribution is -2.34. The molecule has 3 rings (SSSR count). The molecular formula is C20H19N3O5. The second-order valence-corrected chi connectivity index (χ2v) is 6.17. The third-order valence-electron chi connectivity index (χ3n) is 4.18. The number of hydrogen-bond donors (Lipinski definition) is 2. The van der Waals surface area contributed by atoms with Gasteiger partial charge >= 0.3 is 5.69 Å². The zero-order valence-electron chi connectivity index (χ0n) is 15.4. The fourth-order valence-corrected chi connectivity index (χ4v) is 2.92. The molecule has 8 heteroatoms. The summed E-state index contributed by atoms with van der Waals surface area (Å²) in [6.45, 7) is 7.54. The second kappa shape index (κ2) is 7.43. The topological polar surface area (TPSA) is 110 Å². The monoisotopic (exact) mass is 381 g/mol. The Balaban J connectivity index is 2.26. The van der Waals surface area contributed by atoms with E-state index in [1.807, 2.05) is 25.1 Å². The number of benzene rings is 2. The van der Waals surface area contributed by atoms with E-state index < -0.39 is 16.2 Å². The molecule has 3 aromatic rings. The lowest BCUT2D eigenvalue weighted by Gasteiger charge is -2.08. The van der Waals surface area contributed by atoms with Crippen molar-refractivity contribution < 1.29 is 14.8 Å². The molecule has 0 fully saturated rings. The largest absolute Gasteiger partial charge is 0.504 e. The van der Waals surface area contributed by atoms with Gasteiger partial charge in [0.25, 0.3) is 5.56 Å². The summed E-state index contributed by atoms with van der Waals surface area (Å²) >= 11 is 0. The van der Waals surface area contributed by atoms with Gasteiger partial charge in [0.1, 0.15) is 0 Å². The molecule has 1 heterocycles. The molecule has 0 spiro atoms. The van der Waals surface area contributed by atoms with Crippen LogP contribution < -0.4 is 20.9 Å². The molecule has 0 aliphatic rings. The second-order valence-electron chi connectivity index (χ2n) is 6.17. The number of rotatable bonds is 5. The maximum atomic E-state index is 12.9. The summed E-state index contributed by atoms with van der Waals surface area (Å²) < 4.78 is 6.57. The Hall–Kier alpha value is -3.81. The first-order valence-corrected chi connectivity index (χ1v) is 8.55. The highest BCUT2D eigenvalue weighted by atomic mass is 16.6. The SMILES string of the molecule is C=c1[nH]n(-c2cccc(C)c2)c(=O)/c1=C\c1ccc(O)c(OCC)c1[N+](=O)[O-]. The van der Waals surface area contributed by atoms with Gasteiger partial charge < -0.3 is 9.84 Å². The van der Waals surface area contributed by atoms with Crippen molar-refractivity contribution >= 4 is 18.3 Å². The normalized spacial score (nSPS) is 11.6.